The molecule has 2 N–H and O–H groups in total. The van der Waals surface area contributed by atoms with E-state index in [1.807, 2.05) is 12.1 Å². The van der Waals surface area contributed by atoms with Gasteiger partial charge in [-0.15, -0.1) is 0 Å². The zero-order chi connectivity index (χ0) is 20.2. The highest BCUT2D eigenvalue weighted by Crippen LogP contribution is 2.36. The van der Waals surface area contributed by atoms with Crippen LogP contribution in [-0.2, 0) is 0 Å². The van der Waals surface area contributed by atoms with Gasteiger partial charge in [0, 0.05) is 18.0 Å². The molecule has 1 aromatic heterocycles. The van der Waals surface area contributed by atoms with Crippen LogP contribution in [0.25, 0.3) is 11.1 Å². The lowest BCUT2D eigenvalue weighted by molar-refractivity contribution is 0.176. The van der Waals surface area contributed by atoms with E-state index in [-0.39, 0.29) is 6.61 Å². The second-order valence-electron chi connectivity index (χ2n) is 7.66. The summed E-state index contributed by atoms with van der Waals surface area (Å²) >= 11 is 0. The van der Waals surface area contributed by atoms with Gasteiger partial charge in [0.2, 0.25) is 0 Å². The molecule has 1 aliphatic rings. The predicted octanol–water partition coefficient (Wildman–Crippen LogP) is 4.46. The highest BCUT2D eigenvalue weighted by molar-refractivity contribution is 5.64. The van der Waals surface area contributed by atoms with E-state index in [4.69, 9.17) is 0 Å². The largest absolute Gasteiger partial charge is 0.393 e. The number of hydrogen-bond donors (Lipinski definition) is 2. The molecule has 3 aromatic rings. The summed E-state index contributed by atoms with van der Waals surface area (Å²) in [5, 5.41) is 19.5. The van der Waals surface area contributed by atoms with Gasteiger partial charge in [0.15, 0.2) is 0 Å². The molecular weight excluding hydrogens is 360 g/mol. The number of hydrogen-bond acceptors (Lipinski definition) is 3. The lowest BCUT2D eigenvalue weighted by Gasteiger charge is -2.25. The van der Waals surface area contributed by atoms with Crippen LogP contribution in [0.15, 0.2) is 60.9 Å². The summed E-state index contributed by atoms with van der Waals surface area (Å²) in [6.45, 7) is 1.51. The van der Waals surface area contributed by atoms with Gasteiger partial charge in [0.1, 0.15) is 18.0 Å². The molecule has 1 aliphatic carbocycles. The maximum absolute atomic E-state index is 9.81. The fraction of sp³-hybridized carbons (Fsp3) is 0.320. The maximum Gasteiger partial charge on any atom is 0.138 e. The minimum atomic E-state index is -0.712. The molecule has 2 aromatic carbocycles. The van der Waals surface area contributed by atoms with Gasteiger partial charge < -0.3 is 14.8 Å². The van der Waals surface area contributed by atoms with Gasteiger partial charge in [0.25, 0.3) is 0 Å². The fourth-order valence-electron chi connectivity index (χ4n) is 3.72. The van der Waals surface area contributed by atoms with Crippen LogP contribution < -0.4 is 0 Å². The van der Waals surface area contributed by atoms with Crippen molar-refractivity contribution >= 4 is 0 Å². The molecule has 0 amide bonds. The Hall–Kier alpha value is -2.87. The lowest BCUT2D eigenvalue weighted by Crippen LogP contribution is -2.15. The van der Waals surface area contributed by atoms with Crippen molar-refractivity contribution in [2.75, 3.05) is 6.61 Å². The summed E-state index contributed by atoms with van der Waals surface area (Å²) in [5.74, 6) is 7.47. The van der Waals surface area contributed by atoms with Crippen LogP contribution in [0.1, 0.15) is 61.2 Å². The number of aliphatic hydroxyl groups is 2. The quantitative estimate of drug-likeness (QED) is 0.637. The van der Waals surface area contributed by atoms with Crippen molar-refractivity contribution in [3.05, 3.63) is 77.9 Å². The van der Waals surface area contributed by atoms with E-state index in [9.17, 15) is 10.2 Å². The fourth-order valence-corrected chi connectivity index (χ4v) is 3.72. The monoisotopic (exact) mass is 386 g/mol. The normalized spacial score (nSPS) is 15.8. The van der Waals surface area contributed by atoms with E-state index >= 15 is 0 Å². The van der Waals surface area contributed by atoms with Crippen LogP contribution in [0.5, 0.6) is 0 Å². The molecule has 0 unspecified atom stereocenters. The van der Waals surface area contributed by atoms with Crippen molar-refractivity contribution in [2.45, 2.75) is 44.2 Å². The molecule has 4 rings (SSSR count). The Labute approximate surface area is 171 Å². The van der Waals surface area contributed by atoms with Crippen molar-refractivity contribution < 1.29 is 10.2 Å². The number of aromatic nitrogens is 2. The molecule has 0 spiro atoms. The molecule has 1 fully saturated rings. The van der Waals surface area contributed by atoms with Crippen LogP contribution in [0.3, 0.4) is 0 Å². The minimum absolute atomic E-state index is 0.144. The summed E-state index contributed by atoms with van der Waals surface area (Å²) in [4.78, 5) is 4.14. The van der Waals surface area contributed by atoms with Crippen LogP contribution in [-0.4, -0.2) is 26.4 Å². The van der Waals surface area contributed by atoms with Gasteiger partial charge in [-0.2, -0.15) is 0 Å². The molecule has 2 atom stereocenters. The summed E-state index contributed by atoms with van der Waals surface area (Å²) in [7, 11) is 0. The van der Waals surface area contributed by atoms with Gasteiger partial charge in [-0.1, -0.05) is 54.7 Å². The minimum Gasteiger partial charge on any atom is -0.393 e. The van der Waals surface area contributed by atoms with Gasteiger partial charge in [-0.25, -0.2) is 4.98 Å². The third kappa shape index (κ3) is 4.27. The number of nitrogens with zero attached hydrogens (tertiary/aromatic N) is 2. The van der Waals surface area contributed by atoms with Crippen LogP contribution in [0.2, 0.25) is 0 Å². The smallest absolute Gasteiger partial charge is 0.138 e. The first-order chi connectivity index (χ1) is 14.2. The third-order valence-corrected chi connectivity index (χ3v) is 5.67. The molecule has 1 heterocycles. The molecule has 0 bridgehead atoms. The standard InChI is InChI=1S/C25H26N2O2/c1-18(29)25-26-15-16-27(25)24(17-28)14-7-19-5-8-21(9-6-19)23-12-10-22(11-13-23)20-3-2-4-20/h5-6,8-13,15-16,18,20,24,28-29H,2-4,17H2,1H3/t18-,24-/m0/s1. The Morgan fingerprint density at radius 1 is 1.07 bits per heavy atom. The average molecular weight is 386 g/mol. The highest BCUT2D eigenvalue weighted by atomic mass is 16.3. The van der Waals surface area contributed by atoms with Crippen molar-refractivity contribution in [1.82, 2.24) is 9.55 Å². The predicted molar refractivity (Wildman–Crippen MR) is 114 cm³/mol. The summed E-state index contributed by atoms with van der Waals surface area (Å²) in [6.07, 6.45) is 6.62. The lowest BCUT2D eigenvalue weighted by atomic mass is 9.80. The van der Waals surface area contributed by atoms with Gasteiger partial charge in [-0.3, -0.25) is 0 Å². The first kappa shape index (κ1) is 19.4. The van der Waals surface area contributed by atoms with Crippen molar-refractivity contribution in [2.24, 2.45) is 0 Å². The molecule has 1 saturated carbocycles. The number of rotatable bonds is 5. The summed E-state index contributed by atoms with van der Waals surface area (Å²) in [5.41, 5.74) is 4.71. The van der Waals surface area contributed by atoms with Crippen molar-refractivity contribution in [1.29, 1.82) is 0 Å². The molecule has 148 valence electrons. The van der Waals surface area contributed by atoms with Gasteiger partial charge in [-0.05, 0) is 54.5 Å². The molecule has 4 nitrogen and oxygen atoms in total. The molecule has 29 heavy (non-hydrogen) atoms. The van der Waals surface area contributed by atoms with Gasteiger partial charge >= 0.3 is 0 Å². The van der Waals surface area contributed by atoms with Crippen LogP contribution >= 0.6 is 0 Å². The van der Waals surface area contributed by atoms with Crippen molar-refractivity contribution in [3.8, 4) is 23.0 Å². The molecule has 4 heteroatoms. The number of benzene rings is 2. The summed E-state index contributed by atoms with van der Waals surface area (Å²) < 4.78 is 1.72. The van der Waals surface area contributed by atoms with Gasteiger partial charge in [0.05, 0.1) is 6.61 Å². The Morgan fingerprint density at radius 3 is 2.28 bits per heavy atom. The van der Waals surface area contributed by atoms with Crippen LogP contribution in [0, 0.1) is 11.8 Å². The number of aliphatic hydroxyl groups excluding tert-OH is 2. The molecule has 0 aliphatic heterocycles. The zero-order valence-corrected chi connectivity index (χ0v) is 16.6. The third-order valence-electron chi connectivity index (χ3n) is 5.67. The summed E-state index contributed by atoms with van der Waals surface area (Å²) in [6, 6.07) is 16.6. The Kier molecular flexibility index (Phi) is 5.80. The molecule has 0 radical (unpaired) electrons. The van der Waals surface area contributed by atoms with E-state index in [1.165, 1.54) is 36.0 Å². The second-order valence-corrected chi connectivity index (χ2v) is 7.66. The number of imidazole rings is 1. The Balaban J connectivity index is 1.49. The van der Waals surface area contributed by atoms with Crippen LogP contribution in [0.4, 0.5) is 0 Å². The Bertz CT molecular complexity index is 1000. The Morgan fingerprint density at radius 2 is 1.72 bits per heavy atom. The van der Waals surface area contributed by atoms with E-state index in [0.717, 1.165) is 11.5 Å². The van der Waals surface area contributed by atoms with Crippen molar-refractivity contribution in [3.63, 3.8) is 0 Å². The topological polar surface area (TPSA) is 58.3 Å². The van der Waals surface area contributed by atoms with E-state index < -0.39 is 12.1 Å². The SMILES string of the molecule is C[C@H](O)c1nccn1[C@@H](C#Cc1ccc(-c2ccc(C3CCC3)cc2)cc1)CO. The second kappa shape index (κ2) is 8.65. The van der Waals surface area contributed by atoms with E-state index in [0.29, 0.717) is 5.82 Å². The van der Waals surface area contributed by atoms with E-state index in [2.05, 4.69) is 53.2 Å². The maximum atomic E-state index is 9.81. The highest BCUT2D eigenvalue weighted by Gasteiger charge is 2.19. The molecule has 0 saturated heterocycles. The van der Waals surface area contributed by atoms with E-state index in [1.54, 1.807) is 23.9 Å². The first-order valence-electron chi connectivity index (χ1n) is 10.2. The first-order valence-corrected chi connectivity index (χ1v) is 10.2. The molecular formula is C25H26N2O2. The average Bonchev–Trinajstić information content (AvgIpc) is 3.18. The zero-order valence-electron chi connectivity index (χ0n) is 16.6.